The van der Waals surface area contributed by atoms with Crippen molar-refractivity contribution >= 4 is 21.9 Å². The molecular weight excluding hydrogens is 244 g/mol. The van der Waals surface area contributed by atoms with Crippen LogP contribution < -0.4 is 0 Å². The molecule has 0 bridgehead atoms. The van der Waals surface area contributed by atoms with Gasteiger partial charge in [-0.3, -0.25) is 0 Å². The van der Waals surface area contributed by atoms with E-state index in [4.69, 9.17) is 11.5 Å². The summed E-state index contributed by atoms with van der Waals surface area (Å²) in [5, 5.41) is 8.91. The van der Waals surface area contributed by atoms with E-state index < -0.39 is 5.97 Å². The first kappa shape index (κ1) is 10.8. The highest BCUT2D eigenvalue weighted by molar-refractivity contribution is 9.10. The molecule has 0 radical (unpaired) electrons. The monoisotopic (exact) mass is 252 g/mol. The lowest BCUT2D eigenvalue weighted by atomic mass is 10.0. The summed E-state index contributed by atoms with van der Waals surface area (Å²) in [6.45, 7) is 1.95. The van der Waals surface area contributed by atoms with E-state index in [9.17, 15) is 4.79 Å². The Kier molecular flexibility index (Phi) is 3.32. The van der Waals surface area contributed by atoms with Crippen LogP contribution in [0.1, 0.15) is 28.4 Å². The third kappa shape index (κ3) is 1.97. The topological polar surface area (TPSA) is 37.3 Å². The first-order valence-electron chi connectivity index (χ1n) is 4.12. The molecule has 2 nitrogen and oxygen atoms in total. The summed E-state index contributed by atoms with van der Waals surface area (Å²) in [6.07, 6.45) is 5.98. The Morgan fingerprint density at radius 2 is 2.29 bits per heavy atom. The largest absolute Gasteiger partial charge is 0.478 e. The maximum Gasteiger partial charge on any atom is 0.336 e. The van der Waals surface area contributed by atoms with Crippen molar-refractivity contribution in [3.8, 4) is 12.3 Å². The fourth-order valence-corrected chi connectivity index (χ4v) is 1.86. The first-order valence-corrected chi connectivity index (χ1v) is 4.91. The van der Waals surface area contributed by atoms with Gasteiger partial charge in [0.1, 0.15) is 0 Å². The molecule has 1 rings (SSSR count). The van der Waals surface area contributed by atoms with Crippen LogP contribution in [0.15, 0.2) is 16.6 Å². The highest BCUT2D eigenvalue weighted by atomic mass is 79.9. The number of rotatable bonds is 2. The number of benzene rings is 1. The van der Waals surface area contributed by atoms with E-state index >= 15 is 0 Å². The molecule has 0 fully saturated rings. The van der Waals surface area contributed by atoms with Crippen molar-refractivity contribution in [2.24, 2.45) is 0 Å². The number of carbonyl (C=O) groups is 1. The van der Waals surface area contributed by atoms with Crippen LogP contribution in [0.25, 0.3) is 0 Å². The van der Waals surface area contributed by atoms with Gasteiger partial charge in [0.2, 0.25) is 0 Å². The van der Waals surface area contributed by atoms with Crippen molar-refractivity contribution in [1.29, 1.82) is 0 Å². The molecule has 1 aromatic carbocycles. The lowest BCUT2D eigenvalue weighted by molar-refractivity contribution is 0.0695. The van der Waals surface area contributed by atoms with E-state index in [1.54, 1.807) is 0 Å². The maximum atomic E-state index is 10.9. The molecule has 0 aliphatic heterocycles. The van der Waals surface area contributed by atoms with E-state index in [-0.39, 0.29) is 5.56 Å². The summed E-state index contributed by atoms with van der Waals surface area (Å²) < 4.78 is 0.617. The minimum Gasteiger partial charge on any atom is -0.478 e. The zero-order valence-electron chi connectivity index (χ0n) is 7.67. The molecular formula is C11H9BrO2. The summed E-state index contributed by atoms with van der Waals surface area (Å²) in [7, 11) is 0. The Hall–Kier alpha value is -1.27. The van der Waals surface area contributed by atoms with Gasteiger partial charge in [-0.1, -0.05) is 12.8 Å². The Bertz CT molecular complexity index is 416. The van der Waals surface area contributed by atoms with Crippen LogP contribution in [0.2, 0.25) is 0 Å². The average molecular weight is 253 g/mol. The van der Waals surface area contributed by atoms with Gasteiger partial charge in [-0.15, -0.1) is 6.42 Å². The maximum absolute atomic E-state index is 10.9. The predicted molar refractivity (Wildman–Crippen MR) is 58.4 cm³/mol. The van der Waals surface area contributed by atoms with Crippen LogP contribution in [0.3, 0.4) is 0 Å². The van der Waals surface area contributed by atoms with Crippen LogP contribution in [-0.4, -0.2) is 11.1 Å². The van der Waals surface area contributed by atoms with Crippen LogP contribution in [0.4, 0.5) is 0 Å². The number of aromatic carboxylic acids is 1. The van der Waals surface area contributed by atoms with Crippen molar-refractivity contribution in [3.63, 3.8) is 0 Å². The summed E-state index contributed by atoms with van der Waals surface area (Å²) in [6, 6.07) is 3.31. The van der Waals surface area contributed by atoms with E-state index in [1.165, 1.54) is 6.07 Å². The van der Waals surface area contributed by atoms with Crippen molar-refractivity contribution < 1.29 is 9.90 Å². The molecule has 0 aliphatic rings. The van der Waals surface area contributed by atoms with Crippen LogP contribution in [0.5, 0.6) is 0 Å². The van der Waals surface area contributed by atoms with Gasteiger partial charge in [0.25, 0.3) is 0 Å². The number of hydrogen-bond donors (Lipinski definition) is 1. The summed E-state index contributed by atoms with van der Waals surface area (Å²) >= 11 is 3.26. The average Bonchev–Trinajstić information content (AvgIpc) is 2.17. The number of hydrogen-bond acceptors (Lipinski definition) is 1. The van der Waals surface area contributed by atoms with Gasteiger partial charge in [0.05, 0.1) is 5.56 Å². The van der Waals surface area contributed by atoms with Gasteiger partial charge < -0.3 is 5.11 Å². The minimum atomic E-state index is -0.969. The van der Waals surface area contributed by atoms with Crippen LogP contribution in [-0.2, 0) is 6.42 Å². The number of carboxylic acids is 1. The highest BCUT2D eigenvalue weighted by Crippen LogP contribution is 2.24. The molecule has 0 spiro atoms. The van der Waals surface area contributed by atoms with Crippen molar-refractivity contribution in [1.82, 2.24) is 0 Å². The normalized spacial score (nSPS) is 9.50. The zero-order chi connectivity index (χ0) is 10.7. The number of halogens is 1. The van der Waals surface area contributed by atoms with E-state index in [2.05, 4.69) is 21.9 Å². The molecule has 72 valence electrons. The smallest absolute Gasteiger partial charge is 0.336 e. The molecule has 0 saturated carbocycles. The molecule has 0 amide bonds. The molecule has 14 heavy (non-hydrogen) atoms. The summed E-state index contributed by atoms with van der Waals surface area (Å²) in [5.74, 6) is 1.47. The summed E-state index contributed by atoms with van der Waals surface area (Å²) in [4.78, 5) is 10.9. The van der Waals surface area contributed by atoms with Crippen molar-refractivity contribution in [3.05, 3.63) is 33.3 Å². The molecule has 0 saturated heterocycles. The molecule has 3 heteroatoms. The molecule has 0 atom stereocenters. The second-order valence-corrected chi connectivity index (χ2v) is 3.59. The standard InChI is InChI=1S/C11H9BrO2/c1-3-7-5-8(4-2)10(12)9(6-7)11(13)14/h1,5-6H,4H2,2H3,(H,13,14). The Balaban J connectivity index is 3.44. The zero-order valence-corrected chi connectivity index (χ0v) is 9.26. The second kappa shape index (κ2) is 4.30. The SMILES string of the molecule is C#Cc1cc(CC)c(Br)c(C(=O)O)c1. The van der Waals surface area contributed by atoms with E-state index in [0.29, 0.717) is 10.0 Å². The van der Waals surface area contributed by atoms with Crippen molar-refractivity contribution in [2.75, 3.05) is 0 Å². The summed E-state index contributed by atoms with van der Waals surface area (Å²) in [5.41, 5.74) is 1.73. The quantitative estimate of drug-likeness (QED) is 0.823. The van der Waals surface area contributed by atoms with Gasteiger partial charge in [0.15, 0.2) is 0 Å². The molecule has 1 N–H and O–H groups in total. The number of terminal acetylenes is 1. The first-order chi connectivity index (χ1) is 6.60. The number of carboxylic acid groups (broad SMARTS) is 1. The van der Waals surface area contributed by atoms with Gasteiger partial charge >= 0.3 is 5.97 Å². The lowest BCUT2D eigenvalue weighted by Gasteiger charge is -2.06. The Labute approximate surface area is 91.1 Å². The van der Waals surface area contributed by atoms with Crippen LogP contribution >= 0.6 is 15.9 Å². The number of aryl methyl sites for hydroxylation is 1. The molecule has 0 aromatic heterocycles. The van der Waals surface area contributed by atoms with Gasteiger partial charge in [-0.05, 0) is 40.0 Å². The second-order valence-electron chi connectivity index (χ2n) is 2.80. The van der Waals surface area contributed by atoms with E-state index in [1.807, 2.05) is 13.0 Å². The highest BCUT2D eigenvalue weighted by Gasteiger charge is 2.12. The van der Waals surface area contributed by atoms with Crippen molar-refractivity contribution in [2.45, 2.75) is 13.3 Å². The third-order valence-electron chi connectivity index (χ3n) is 1.93. The van der Waals surface area contributed by atoms with E-state index in [0.717, 1.165) is 12.0 Å². The molecule has 0 heterocycles. The molecule has 1 aromatic rings. The Morgan fingerprint density at radius 1 is 1.64 bits per heavy atom. The fourth-order valence-electron chi connectivity index (χ4n) is 1.18. The minimum absolute atomic E-state index is 0.220. The van der Waals surface area contributed by atoms with Gasteiger partial charge in [-0.25, -0.2) is 4.79 Å². The lowest BCUT2D eigenvalue weighted by Crippen LogP contribution is -2.01. The predicted octanol–water partition coefficient (Wildman–Crippen LogP) is 2.69. The van der Waals surface area contributed by atoms with Gasteiger partial charge in [-0.2, -0.15) is 0 Å². The Morgan fingerprint density at radius 3 is 2.71 bits per heavy atom. The van der Waals surface area contributed by atoms with Crippen LogP contribution in [0, 0.1) is 12.3 Å². The third-order valence-corrected chi connectivity index (χ3v) is 2.86. The van der Waals surface area contributed by atoms with Gasteiger partial charge in [0, 0.05) is 10.0 Å². The fraction of sp³-hybridized carbons (Fsp3) is 0.182. The molecule has 0 aliphatic carbocycles. The molecule has 0 unspecified atom stereocenters.